The van der Waals surface area contributed by atoms with E-state index in [1.165, 1.54) is 0 Å². The van der Waals surface area contributed by atoms with Gasteiger partial charge in [-0.15, -0.1) is 0 Å². The molecule has 0 aromatic heterocycles. The molecule has 0 unspecified atom stereocenters. The molecule has 0 aliphatic heterocycles. The summed E-state index contributed by atoms with van der Waals surface area (Å²) in [5.74, 6) is -24.1. The lowest BCUT2D eigenvalue weighted by molar-refractivity contribution is -0.517. The Hall–Kier alpha value is -0.620. The van der Waals surface area contributed by atoms with Crippen molar-refractivity contribution in [3.05, 3.63) is 0 Å². The molecular weight excluding hydrogens is 277 g/mol. The topological polar surface area (TPSA) is 63.6 Å². The smallest absolute Gasteiger partial charge is 0.263 e. The molecule has 4 nitrogen and oxygen atoms in total. The second kappa shape index (κ2) is 2.79. The van der Waals surface area contributed by atoms with Crippen LogP contribution in [0.2, 0.25) is 0 Å². The van der Waals surface area contributed by atoms with Crippen LogP contribution in [-0.4, -0.2) is 36.6 Å². The third-order valence-electron chi connectivity index (χ3n) is 1.82. The van der Waals surface area contributed by atoms with Gasteiger partial charge < -0.3 is 0 Å². The highest BCUT2D eigenvalue weighted by Crippen LogP contribution is 2.69. The molecule has 96 valence electrons. The van der Waals surface area contributed by atoms with Crippen molar-refractivity contribution in [1.82, 2.24) is 0 Å². The van der Waals surface area contributed by atoms with Gasteiger partial charge in [0.15, 0.2) is 0 Å². The fourth-order valence-corrected chi connectivity index (χ4v) is 1.49. The highest BCUT2D eigenvalue weighted by atomic mass is 32.3. The van der Waals surface area contributed by atoms with E-state index in [1.54, 1.807) is 0 Å². The molecule has 1 rings (SSSR count). The SMILES string of the molecule is O=S(=O)(O)OC1(F)C(F)(F)C(F)(F)C1(F)F. The van der Waals surface area contributed by atoms with Crippen LogP contribution >= 0.6 is 0 Å². The van der Waals surface area contributed by atoms with Crippen LogP contribution in [0, 0.1) is 0 Å². The zero-order valence-electron chi connectivity index (χ0n) is 6.73. The lowest BCUT2D eigenvalue weighted by Gasteiger charge is -2.51. The van der Waals surface area contributed by atoms with Crippen LogP contribution in [0.15, 0.2) is 0 Å². The number of hydrogen-bond acceptors (Lipinski definition) is 3. The molecule has 1 aliphatic rings. The largest absolute Gasteiger partial charge is 0.400 e. The van der Waals surface area contributed by atoms with Gasteiger partial charge in [-0.05, 0) is 0 Å². The molecule has 0 aromatic carbocycles. The number of hydrogen-bond donors (Lipinski definition) is 1. The molecule has 1 saturated carbocycles. The Labute approximate surface area is 82.9 Å². The van der Waals surface area contributed by atoms with E-state index in [9.17, 15) is 39.2 Å². The number of halogens is 7. The summed E-state index contributed by atoms with van der Waals surface area (Å²) in [7, 11) is -6.10. The molecular formula is C4HF7O4S. The standard InChI is InChI=1S/C4HF7O4S/c5-1(6)2(7,8)4(11,3(1,9)10)15-16(12,13)14/h(H,12,13,14). The quantitative estimate of drug-likeness (QED) is 0.612. The van der Waals surface area contributed by atoms with Crippen LogP contribution < -0.4 is 0 Å². The molecule has 0 spiro atoms. The normalized spacial score (nSPS) is 29.5. The summed E-state index contributed by atoms with van der Waals surface area (Å²) in [6, 6.07) is 0. The zero-order chi connectivity index (χ0) is 13.2. The molecule has 0 heterocycles. The van der Waals surface area contributed by atoms with Gasteiger partial charge in [-0.1, -0.05) is 0 Å². The maximum atomic E-state index is 12.7. The maximum absolute atomic E-state index is 12.7. The van der Waals surface area contributed by atoms with Crippen LogP contribution in [0.3, 0.4) is 0 Å². The van der Waals surface area contributed by atoms with Crippen molar-refractivity contribution in [2.75, 3.05) is 0 Å². The van der Waals surface area contributed by atoms with E-state index in [0.717, 1.165) is 0 Å². The van der Waals surface area contributed by atoms with Crippen molar-refractivity contribution in [3.8, 4) is 0 Å². The maximum Gasteiger partial charge on any atom is 0.400 e. The zero-order valence-corrected chi connectivity index (χ0v) is 7.54. The van der Waals surface area contributed by atoms with Crippen molar-refractivity contribution < 1.29 is 47.9 Å². The van der Waals surface area contributed by atoms with Gasteiger partial charge in [0.05, 0.1) is 0 Å². The lowest BCUT2D eigenvalue weighted by atomic mass is 9.78. The minimum absolute atomic E-state index is 2.31. The van der Waals surface area contributed by atoms with E-state index in [1.807, 2.05) is 0 Å². The van der Waals surface area contributed by atoms with E-state index in [4.69, 9.17) is 4.55 Å². The Bertz CT molecular complexity index is 396. The van der Waals surface area contributed by atoms with Crippen LogP contribution in [0.5, 0.6) is 0 Å². The molecule has 0 amide bonds. The highest BCUT2D eigenvalue weighted by Gasteiger charge is 3.02. The van der Waals surface area contributed by atoms with Gasteiger partial charge in [0.2, 0.25) is 0 Å². The summed E-state index contributed by atoms with van der Waals surface area (Å²) in [5, 5.41) is 0. The molecule has 12 heteroatoms. The van der Waals surface area contributed by atoms with Crippen molar-refractivity contribution in [2.24, 2.45) is 0 Å². The summed E-state index contributed by atoms with van der Waals surface area (Å²) in [6.07, 6.45) is 0. The van der Waals surface area contributed by atoms with Crippen LogP contribution in [0.25, 0.3) is 0 Å². The Morgan fingerprint density at radius 1 is 0.812 bits per heavy atom. The molecule has 1 fully saturated rings. The molecule has 0 radical (unpaired) electrons. The van der Waals surface area contributed by atoms with Gasteiger partial charge in [0.1, 0.15) is 0 Å². The second-order valence-electron chi connectivity index (χ2n) is 2.83. The summed E-state index contributed by atoms with van der Waals surface area (Å²) in [6.45, 7) is 0. The average molecular weight is 278 g/mol. The third-order valence-corrected chi connectivity index (χ3v) is 2.26. The Kier molecular flexibility index (Phi) is 2.34. The van der Waals surface area contributed by atoms with E-state index < -0.39 is 34.0 Å². The van der Waals surface area contributed by atoms with Crippen LogP contribution in [-0.2, 0) is 14.6 Å². The fraction of sp³-hybridized carbons (Fsp3) is 1.00. The minimum atomic E-state index is -6.13. The first-order chi connectivity index (χ1) is 6.71. The van der Waals surface area contributed by atoms with Gasteiger partial charge in [0.25, 0.3) is 0 Å². The predicted molar refractivity (Wildman–Crippen MR) is 31.3 cm³/mol. The van der Waals surface area contributed by atoms with Crippen molar-refractivity contribution in [2.45, 2.75) is 23.6 Å². The first-order valence-corrected chi connectivity index (χ1v) is 4.57. The van der Waals surface area contributed by atoms with E-state index >= 15 is 0 Å². The summed E-state index contributed by atoms with van der Waals surface area (Å²) >= 11 is 0. The number of alkyl halides is 7. The van der Waals surface area contributed by atoms with E-state index in [2.05, 4.69) is 4.18 Å². The van der Waals surface area contributed by atoms with Gasteiger partial charge in [-0.3, -0.25) is 4.55 Å². The summed E-state index contributed by atoms with van der Waals surface area (Å²) in [4.78, 5) is 0. The summed E-state index contributed by atoms with van der Waals surface area (Å²) in [5.41, 5.74) is 0. The van der Waals surface area contributed by atoms with Gasteiger partial charge >= 0.3 is 34.0 Å². The lowest BCUT2D eigenvalue weighted by Crippen LogP contribution is -2.85. The Balaban J connectivity index is 3.26. The van der Waals surface area contributed by atoms with Crippen molar-refractivity contribution >= 4 is 10.4 Å². The monoisotopic (exact) mass is 278 g/mol. The van der Waals surface area contributed by atoms with Crippen molar-refractivity contribution in [1.29, 1.82) is 0 Å². The fourth-order valence-electron chi connectivity index (χ4n) is 0.985. The first-order valence-electron chi connectivity index (χ1n) is 3.21. The molecule has 0 atom stereocenters. The minimum Gasteiger partial charge on any atom is -0.263 e. The van der Waals surface area contributed by atoms with E-state index in [0.29, 0.717) is 0 Å². The van der Waals surface area contributed by atoms with Crippen molar-refractivity contribution in [3.63, 3.8) is 0 Å². The van der Waals surface area contributed by atoms with Gasteiger partial charge in [-0.25, -0.2) is 0 Å². The first kappa shape index (κ1) is 13.4. The Morgan fingerprint density at radius 2 is 1.12 bits per heavy atom. The van der Waals surface area contributed by atoms with E-state index in [-0.39, 0.29) is 0 Å². The molecule has 1 aliphatic carbocycles. The van der Waals surface area contributed by atoms with Crippen LogP contribution in [0.1, 0.15) is 0 Å². The van der Waals surface area contributed by atoms with Gasteiger partial charge in [-0.2, -0.15) is 43.3 Å². The molecule has 0 aromatic rings. The number of rotatable bonds is 2. The summed E-state index contributed by atoms with van der Waals surface area (Å²) < 4.78 is 116. The average Bonchev–Trinajstić information content (AvgIpc) is 1.98. The Morgan fingerprint density at radius 3 is 1.38 bits per heavy atom. The predicted octanol–water partition coefficient (Wildman–Crippen LogP) is 1.39. The van der Waals surface area contributed by atoms with Crippen LogP contribution in [0.4, 0.5) is 30.7 Å². The molecule has 0 bridgehead atoms. The van der Waals surface area contributed by atoms with Gasteiger partial charge in [0, 0.05) is 0 Å². The third kappa shape index (κ3) is 1.20. The molecule has 1 N–H and O–H groups in total. The molecule has 16 heavy (non-hydrogen) atoms. The molecule has 0 saturated heterocycles. The second-order valence-corrected chi connectivity index (χ2v) is 3.85. The highest BCUT2D eigenvalue weighted by molar-refractivity contribution is 7.80.